The van der Waals surface area contributed by atoms with Crippen molar-refractivity contribution in [2.45, 2.75) is 57.9 Å². The molecule has 0 aliphatic heterocycles. The average Bonchev–Trinajstić information content (AvgIpc) is 2.80. The molecule has 2 amide bonds. The van der Waals surface area contributed by atoms with E-state index in [9.17, 15) is 9.59 Å². The SMILES string of the molecule is CCCCOc1ccc(C(=O)Nc2ccc(N(C)C)c(C(=O)NC3CCCCC3)c2)cc1. The van der Waals surface area contributed by atoms with E-state index in [2.05, 4.69) is 17.6 Å². The minimum Gasteiger partial charge on any atom is -0.494 e. The number of amides is 2. The maximum absolute atomic E-state index is 13.0. The Morgan fingerprint density at radius 2 is 1.72 bits per heavy atom. The van der Waals surface area contributed by atoms with Gasteiger partial charge in [-0.3, -0.25) is 9.59 Å². The van der Waals surface area contributed by atoms with Crippen LogP contribution in [-0.4, -0.2) is 38.6 Å². The topological polar surface area (TPSA) is 70.7 Å². The summed E-state index contributed by atoms with van der Waals surface area (Å²) in [6.45, 7) is 2.79. The van der Waals surface area contributed by atoms with Gasteiger partial charge < -0.3 is 20.3 Å². The fraction of sp³-hybridized carbons (Fsp3) is 0.462. The number of benzene rings is 2. The third-order valence-electron chi connectivity index (χ3n) is 5.80. The van der Waals surface area contributed by atoms with Crippen molar-refractivity contribution < 1.29 is 14.3 Å². The van der Waals surface area contributed by atoms with Gasteiger partial charge in [0.15, 0.2) is 0 Å². The lowest BCUT2D eigenvalue weighted by atomic mass is 9.95. The van der Waals surface area contributed by atoms with E-state index in [1.54, 1.807) is 18.2 Å². The van der Waals surface area contributed by atoms with Gasteiger partial charge in [0.2, 0.25) is 0 Å². The summed E-state index contributed by atoms with van der Waals surface area (Å²) in [6, 6.07) is 12.8. The van der Waals surface area contributed by atoms with Gasteiger partial charge in [-0.05, 0) is 61.7 Å². The Labute approximate surface area is 191 Å². The molecule has 2 aromatic carbocycles. The highest BCUT2D eigenvalue weighted by molar-refractivity contribution is 6.06. The van der Waals surface area contributed by atoms with E-state index in [4.69, 9.17) is 4.74 Å². The molecule has 6 nitrogen and oxygen atoms in total. The number of nitrogens with zero attached hydrogens (tertiary/aromatic N) is 1. The van der Waals surface area contributed by atoms with E-state index in [-0.39, 0.29) is 17.9 Å². The van der Waals surface area contributed by atoms with Gasteiger partial charge in [0.25, 0.3) is 11.8 Å². The minimum atomic E-state index is -0.221. The van der Waals surface area contributed by atoms with Crippen LogP contribution in [0.1, 0.15) is 72.6 Å². The molecule has 32 heavy (non-hydrogen) atoms. The van der Waals surface area contributed by atoms with Crippen LogP contribution in [0.2, 0.25) is 0 Å². The van der Waals surface area contributed by atoms with Crippen LogP contribution in [0.5, 0.6) is 5.75 Å². The van der Waals surface area contributed by atoms with Gasteiger partial charge in [-0.1, -0.05) is 32.6 Å². The van der Waals surface area contributed by atoms with Crippen molar-refractivity contribution in [2.75, 3.05) is 30.9 Å². The summed E-state index contributed by atoms with van der Waals surface area (Å²) >= 11 is 0. The summed E-state index contributed by atoms with van der Waals surface area (Å²) in [6.07, 6.45) is 7.68. The lowest BCUT2D eigenvalue weighted by molar-refractivity contribution is 0.0927. The Morgan fingerprint density at radius 3 is 2.38 bits per heavy atom. The lowest BCUT2D eigenvalue weighted by Gasteiger charge is -2.24. The summed E-state index contributed by atoms with van der Waals surface area (Å²) in [5.74, 6) is 0.443. The number of hydrogen-bond acceptors (Lipinski definition) is 4. The lowest BCUT2D eigenvalue weighted by Crippen LogP contribution is -2.36. The molecule has 1 aliphatic carbocycles. The molecule has 6 heteroatoms. The van der Waals surface area contributed by atoms with Crippen LogP contribution in [0.3, 0.4) is 0 Å². The van der Waals surface area contributed by atoms with Gasteiger partial charge >= 0.3 is 0 Å². The minimum absolute atomic E-state index is 0.0923. The van der Waals surface area contributed by atoms with Crippen LogP contribution in [0.15, 0.2) is 42.5 Å². The second-order valence-electron chi connectivity index (χ2n) is 8.62. The molecule has 0 radical (unpaired) electrons. The smallest absolute Gasteiger partial charge is 0.255 e. The van der Waals surface area contributed by atoms with Crippen LogP contribution in [0.25, 0.3) is 0 Å². The first-order valence-corrected chi connectivity index (χ1v) is 11.6. The molecule has 0 atom stereocenters. The number of unbranched alkanes of at least 4 members (excludes halogenated alkanes) is 1. The van der Waals surface area contributed by atoms with E-state index in [1.807, 2.05) is 43.3 Å². The Balaban J connectivity index is 1.70. The molecular formula is C26H35N3O3. The molecule has 0 aromatic heterocycles. The summed E-state index contributed by atoms with van der Waals surface area (Å²) in [5.41, 5.74) is 2.53. The van der Waals surface area contributed by atoms with Crippen LogP contribution in [0, 0.1) is 0 Å². The highest BCUT2D eigenvalue weighted by atomic mass is 16.5. The van der Waals surface area contributed by atoms with Crippen LogP contribution in [-0.2, 0) is 0 Å². The zero-order chi connectivity index (χ0) is 22.9. The maximum atomic E-state index is 13.0. The molecule has 0 spiro atoms. The average molecular weight is 438 g/mol. The third-order valence-corrected chi connectivity index (χ3v) is 5.80. The first-order valence-electron chi connectivity index (χ1n) is 11.6. The van der Waals surface area contributed by atoms with Crippen molar-refractivity contribution in [3.05, 3.63) is 53.6 Å². The summed E-state index contributed by atoms with van der Waals surface area (Å²) in [5, 5.41) is 6.09. The summed E-state index contributed by atoms with van der Waals surface area (Å²) in [4.78, 5) is 27.7. The van der Waals surface area contributed by atoms with Crippen molar-refractivity contribution in [3.63, 3.8) is 0 Å². The molecule has 0 bridgehead atoms. The van der Waals surface area contributed by atoms with Crippen molar-refractivity contribution in [2.24, 2.45) is 0 Å². The van der Waals surface area contributed by atoms with Gasteiger partial charge in [-0.25, -0.2) is 0 Å². The van der Waals surface area contributed by atoms with Crippen molar-refractivity contribution in [1.29, 1.82) is 0 Å². The Hall–Kier alpha value is -3.02. The van der Waals surface area contributed by atoms with Gasteiger partial charge in [-0.2, -0.15) is 0 Å². The zero-order valence-corrected chi connectivity index (χ0v) is 19.4. The fourth-order valence-electron chi connectivity index (χ4n) is 3.94. The zero-order valence-electron chi connectivity index (χ0n) is 19.4. The standard InChI is InChI=1S/C26H35N3O3/c1-4-5-17-32-22-14-11-19(12-15-22)25(30)28-21-13-16-24(29(2)3)23(18-21)26(31)27-20-9-7-6-8-10-20/h11-16,18,20H,4-10,17H2,1-3H3,(H,27,31)(H,28,30). The number of carbonyl (C=O) groups excluding carboxylic acids is 2. The van der Waals surface area contributed by atoms with Crippen molar-refractivity contribution in [3.8, 4) is 5.75 Å². The van der Waals surface area contributed by atoms with Crippen LogP contribution < -0.4 is 20.3 Å². The third kappa shape index (κ3) is 6.49. The van der Waals surface area contributed by atoms with Crippen LogP contribution in [0.4, 0.5) is 11.4 Å². The molecule has 0 unspecified atom stereocenters. The van der Waals surface area contributed by atoms with Gasteiger partial charge in [0, 0.05) is 37.1 Å². The molecule has 2 N–H and O–H groups in total. The predicted molar refractivity (Wildman–Crippen MR) is 130 cm³/mol. The molecule has 0 saturated heterocycles. The first kappa shape index (κ1) is 23.6. The van der Waals surface area contributed by atoms with Crippen molar-refractivity contribution >= 4 is 23.2 Å². The monoisotopic (exact) mass is 437 g/mol. The van der Waals surface area contributed by atoms with E-state index in [0.717, 1.165) is 50.0 Å². The molecule has 1 aliphatic rings. The van der Waals surface area contributed by atoms with E-state index in [1.165, 1.54) is 6.42 Å². The predicted octanol–water partition coefficient (Wildman–Crippen LogP) is 5.25. The van der Waals surface area contributed by atoms with E-state index in [0.29, 0.717) is 23.4 Å². The second-order valence-corrected chi connectivity index (χ2v) is 8.62. The quantitative estimate of drug-likeness (QED) is 0.526. The van der Waals surface area contributed by atoms with Gasteiger partial charge in [0.1, 0.15) is 5.75 Å². The largest absolute Gasteiger partial charge is 0.494 e. The number of anilines is 2. The molecule has 3 rings (SSSR count). The number of ether oxygens (including phenoxy) is 1. The molecule has 0 heterocycles. The highest BCUT2D eigenvalue weighted by Crippen LogP contribution is 2.25. The molecule has 1 fully saturated rings. The Bertz CT molecular complexity index is 903. The van der Waals surface area contributed by atoms with Gasteiger partial charge in [0.05, 0.1) is 12.2 Å². The summed E-state index contributed by atoms with van der Waals surface area (Å²) < 4.78 is 5.66. The first-order chi connectivity index (χ1) is 15.5. The van der Waals surface area contributed by atoms with Crippen molar-refractivity contribution in [1.82, 2.24) is 5.32 Å². The molecule has 172 valence electrons. The molecular weight excluding hydrogens is 402 g/mol. The van der Waals surface area contributed by atoms with E-state index >= 15 is 0 Å². The number of rotatable bonds is 9. The Morgan fingerprint density at radius 1 is 1.00 bits per heavy atom. The fourth-order valence-corrected chi connectivity index (χ4v) is 3.94. The van der Waals surface area contributed by atoms with E-state index < -0.39 is 0 Å². The second kappa shape index (κ2) is 11.6. The molecule has 2 aromatic rings. The van der Waals surface area contributed by atoms with Crippen LogP contribution >= 0.6 is 0 Å². The normalized spacial score (nSPS) is 14.0. The Kier molecular flexibility index (Phi) is 8.54. The number of nitrogens with one attached hydrogen (secondary N) is 2. The van der Waals surface area contributed by atoms with Gasteiger partial charge in [-0.15, -0.1) is 0 Å². The molecule has 1 saturated carbocycles. The summed E-state index contributed by atoms with van der Waals surface area (Å²) in [7, 11) is 3.82. The number of hydrogen-bond donors (Lipinski definition) is 2. The number of carbonyl (C=O) groups is 2. The maximum Gasteiger partial charge on any atom is 0.255 e. The highest BCUT2D eigenvalue weighted by Gasteiger charge is 2.20.